The van der Waals surface area contributed by atoms with Gasteiger partial charge in [-0.2, -0.15) is 0 Å². The molecule has 2 heterocycles. The van der Waals surface area contributed by atoms with Gasteiger partial charge in [0.1, 0.15) is 11.6 Å². The molecule has 7 heteroatoms. The molecule has 32 heavy (non-hydrogen) atoms. The highest BCUT2D eigenvalue weighted by atomic mass is 32.2. The number of carbonyl (C=O) groups excluding carboxylic acids is 1. The zero-order valence-corrected chi connectivity index (χ0v) is 19.9. The Morgan fingerprint density at radius 1 is 1.16 bits per heavy atom. The van der Waals surface area contributed by atoms with E-state index in [1.165, 1.54) is 17.3 Å². The Bertz CT molecular complexity index is 1070. The maximum Gasteiger partial charge on any atom is 0.287 e. The summed E-state index contributed by atoms with van der Waals surface area (Å²) in [5.74, 6) is 2.41. The molecule has 0 aliphatic heterocycles. The van der Waals surface area contributed by atoms with Gasteiger partial charge in [-0.25, -0.2) is 9.97 Å². The van der Waals surface area contributed by atoms with E-state index in [4.69, 9.17) is 14.4 Å². The average molecular weight is 451 g/mol. The van der Waals surface area contributed by atoms with Gasteiger partial charge < -0.3 is 14.6 Å². The predicted molar refractivity (Wildman–Crippen MR) is 128 cm³/mol. The second-order valence-electron chi connectivity index (χ2n) is 9.29. The number of hydrogen-bond acceptors (Lipinski definition) is 6. The number of aromatic nitrogens is 2. The Morgan fingerprint density at radius 3 is 2.59 bits per heavy atom. The topological polar surface area (TPSA) is 71.3 Å². The summed E-state index contributed by atoms with van der Waals surface area (Å²) in [5, 5.41) is 3.65. The van der Waals surface area contributed by atoms with Gasteiger partial charge in [-0.15, -0.1) is 0 Å². The van der Waals surface area contributed by atoms with E-state index >= 15 is 0 Å². The number of furan rings is 1. The number of carbonyl (C=O) groups is 1. The number of nitrogens with zero attached hydrogens (tertiary/aromatic N) is 3. The van der Waals surface area contributed by atoms with Crippen LogP contribution in [-0.2, 0) is 17.7 Å². The van der Waals surface area contributed by atoms with Crippen LogP contribution in [0.15, 0.2) is 58.1 Å². The van der Waals surface area contributed by atoms with Crippen LogP contribution in [0.4, 0.5) is 5.82 Å². The molecule has 0 radical (unpaired) electrons. The van der Waals surface area contributed by atoms with Gasteiger partial charge in [-0.3, -0.25) is 4.79 Å². The quantitative estimate of drug-likeness (QED) is 0.376. The molecule has 1 aromatic carbocycles. The molecule has 2 aromatic heterocycles. The molecule has 0 saturated heterocycles. The van der Waals surface area contributed by atoms with Crippen LogP contribution in [0, 0.1) is 0 Å². The molecular weight excluding hydrogens is 420 g/mol. The first-order chi connectivity index (χ1) is 15.3. The molecule has 0 spiro atoms. The lowest BCUT2D eigenvalue weighted by atomic mass is 9.92. The van der Waals surface area contributed by atoms with Gasteiger partial charge in [0.25, 0.3) is 5.91 Å². The third-order valence-electron chi connectivity index (χ3n) is 5.26. The monoisotopic (exact) mass is 450 g/mol. The van der Waals surface area contributed by atoms with Crippen LogP contribution in [0.5, 0.6) is 0 Å². The largest absolute Gasteiger partial charge is 0.455 e. The van der Waals surface area contributed by atoms with Crippen LogP contribution in [0.2, 0.25) is 0 Å². The van der Waals surface area contributed by atoms with Crippen molar-refractivity contribution in [3.05, 3.63) is 71.3 Å². The van der Waals surface area contributed by atoms with Crippen LogP contribution < -0.4 is 10.2 Å². The van der Waals surface area contributed by atoms with E-state index < -0.39 is 0 Å². The fourth-order valence-electron chi connectivity index (χ4n) is 3.19. The maximum absolute atomic E-state index is 12.2. The zero-order valence-electron chi connectivity index (χ0n) is 19.1. The fourth-order valence-corrected chi connectivity index (χ4v) is 3.94. The van der Waals surface area contributed by atoms with E-state index in [1.807, 2.05) is 31.3 Å². The van der Waals surface area contributed by atoms with Crippen LogP contribution in [-0.4, -0.2) is 29.0 Å². The van der Waals surface area contributed by atoms with Crippen molar-refractivity contribution in [1.82, 2.24) is 15.3 Å². The van der Waals surface area contributed by atoms with Gasteiger partial charge in [-0.05, 0) is 30.5 Å². The lowest BCUT2D eigenvalue weighted by Crippen LogP contribution is -2.24. The Balaban J connectivity index is 1.48. The molecule has 6 nitrogen and oxygen atoms in total. The first-order valence-corrected chi connectivity index (χ1v) is 11.9. The average Bonchev–Trinajstić information content (AvgIpc) is 3.45. The Morgan fingerprint density at radius 2 is 1.91 bits per heavy atom. The van der Waals surface area contributed by atoms with Gasteiger partial charge in [0.15, 0.2) is 10.9 Å². The van der Waals surface area contributed by atoms with Crippen LogP contribution in [0.3, 0.4) is 0 Å². The molecule has 4 rings (SSSR count). The fraction of sp³-hybridized carbons (Fsp3) is 0.400. The molecule has 1 N–H and O–H groups in total. The molecule has 1 fully saturated rings. The molecule has 0 atom stereocenters. The third-order valence-corrected chi connectivity index (χ3v) is 6.13. The summed E-state index contributed by atoms with van der Waals surface area (Å²) in [7, 11) is 2.05. The van der Waals surface area contributed by atoms with E-state index in [9.17, 15) is 4.79 Å². The van der Waals surface area contributed by atoms with E-state index in [0.29, 0.717) is 22.7 Å². The maximum atomic E-state index is 12.2. The molecule has 0 unspecified atom stereocenters. The van der Waals surface area contributed by atoms with E-state index in [1.54, 1.807) is 6.07 Å². The number of nitrogens with one attached hydrogen (secondary N) is 1. The molecule has 1 aliphatic carbocycles. The second-order valence-corrected chi connectivity index (χ2v) is 10.2. The standard InChI is InChI=1S/C25H30N4O2S/c1-25(2,3)21-14-22(29(4)15-17-8-6-5-7-9-17)28-24(27-21)32-16-19-12-13-20(31-19)23(30)26-18-10-11-18/h5-9,12-14,18H,10-11,15-16H2,1-4H3,(H,26,30). The normalized spacial score (nSPS) is 13.8. The molecule has 0 bridgehead atoms. The van der Waals surface area contributed by atoms with Crippen molar-refractivity contribution in [3.8, 4) is 0 Å². The number of rotatable bonds is 8. The van der Waals surface area contributed by atoms with Crippen molar-refractivity contribution in [3.63, 3.8) is 0 Å². The van der Waals surface area contributed by atoms with Gasteiger partial charge in [0.2, 0.25) is 0 Å². The highest BCUT2D eigenvalue weighted by Crippen LogP contribution is 2.29. The van der Waals surface area contributed by atoms with Gasteiger partial charge in [0.05, 0.1) is 11.4 Å². The van der Waals surface area contributed by atoms with Crippen molar-refractivity contribution in [2.75, 3.05) is 11.9 Å². The Hall–Kier alpha value is -2.80. The number of hydrogen-bond donors (Lipinski definition) is 1. The summed E-state index contributed by atoms with van der Waals surface area (Å²) >= 11 is 1.52. The first-order valence-electron chi connectivity index (χ1n) is 10.9. The molecule has 1 amide bonds. The van der Waals surface area contributed by atoms with Gasteiger partial charge in [-0.1, -0.05) is 62.9 Å². The smallest absolute Gasteiger partial charge is 0.287 e. The van der Waals surface area contributed by atoms with E-state index in [-0.39, 0.29) is 11.3 Å². The Labute approximate surface area is 193 Å². The number of benzene rings is 1. The minimum atomic E-state index is -0.139. The highest BCUT2D eigenvalue weighted by Gasteiger charge is 2.25. The van der Waals surface area contributed by atoms with E-state index in [0.717, 1.165) is 36.7 Å². The zero-order chi connectivity index (χ0) is 22.7. The third kappa shape index (κ3) is 5.91. The highest BCUT2D eigenvalue weighted by molar-refractivity contribution is 7.98. The van der Waals surface area contributed by atoms with Gasteiger partial charge in [0, 0.05) is 31.1 Å². The summed E-state index contributed by atoms with van der Waals surface area (Å²) in [6.45, 7) is 7.23. The SMILES string of the molecule is CN(Cc1ccccc1)c1cc(C(C)(C)C)nc(SCc2ccc(C(=O)NC3CC3)o2)n1. The van der Waals surface area contributed by atoms with E-state index in [2.05, 4.69) is 49.2 Å². The van der Waals surface area contributed by atoms with Crippen LogP contribution >= 0.6 is 11.8 Å². The van der Waals surface area contributed by atoms with Gasteiger partial charge >= 0.3 is 0 Å². The minimum absolute atomic E-state index is 0.0979. The number of amides is 1. The first kappa shape index (κ1) is 22.4. The Kier molecular flexibility index (Phi) is 6.55. The molecular formula is C25H30N4O2S. The van der Waals surface area contributed by atoms with Crippen molar-refractivity contribution < 1.29 is 9.21 Å². The van der Waals surface area contributed by atoms with Crippen LogP contribution in [0.1, 0.15) is 61.2 Å². The second kappa shape index (κ2) is 9.36. The summed E-state index contributed by atoms with van der Waals surface area (Å²) < 4.78 is 5.75. The molecule has 168 valence electrons. The molecule has 1 saturated carbocycles. The predicted octanol–water partition coefficient (Wildman–Crippen LogP) is 5.19. The van der Waals surface area contributed by atoms with Crippen molar-refractivity contribution >= 4 is 23.5 Å². The van der Waals surface area contributed by atoms with Crippen LogP contribution in [0.25, 0.3) is 0 Å². The lowest BCUT2D eigenvalue weighted by Gasteiger charge is -2.23. The molecule has 1 aliphatic rings. The summed E-state index contributed by atoms with van der Waals surface area (Å²) in [4.78, 5) is 23.9. The van der Waals surface area contributed by atoms with Crippen molar-refractivity contribution in [2.45, 2.75) is 62.5 Å². The minimum Gasteiger partial charge on any atom is -0.455 e. The number of anilines is 1. The lowest BCUT2D eigenvalue weighted by molar-refractivity contribution is 0.0922. The summed E-state index contributed by atoms with van der Waals surface area (Å²) in [6.07, 6.45) is 2.11. The van der Waals surface area contributed by atoms with Crippen molar-refractivity contribution in [2.24, 2.45) is 0 Å². The summed E-state index contributed by atoms with van der Waals surface area (Å²) in [6, 6.07) is 16.3. The number of thioether (sulfide) groups is 1. The van der Waals surface area contributed by atoms with Crippen molar-refractivity contribution in [1.29, 1.82) is 0 Å². The molecule has 3 aromatic rings. The summed E-state index contributed by atoms with van der Waals surface area (Å²) in [5.41, 5.74) is 2.13.